The summed E-state index contributed by atoms with van der Waals surface area (Å²) in [7, 11) is -28.1. The second kappa shape index (κ2) is 62.6. The molecule has 0 spiro atoms. The van der Waals surface area contributed by atoms with Crippen LogP contribution in [0.25, 0.3) is 12.2 Å². The van der Waals surface area contributed by atoms with Crippen LogP contribution in [0.15, 0.2) is 78.5 Å². The number of carbonyl (C=O) groups excluding carboxylic acids is 7. The van der Waals surface area contributed by atoms with E-state index in [-0.39, 0.29) is 81.5 Å². The number of aromatic amines is 2. The normalized spacial score (nSPS) is 23.3. The molecule has 4 amide bonds. The maximum Gasteiger partial charge on any atom is 0.472 e. The number of thioether (sulfide) groups is 1. The predicted molar refractivity (Wildman–Crippen MR) is 488 cm³/mol. The summed E-state index contributed by atoms with van der Waals surface area (Å²) in [6, 6.07) is 0. The van der Waals surface area contributed by atoms with Crippen molar-refractivity contribution in [2.45, 2.75) is 204 Å². The molecule has 0 aromatic carbocycles. The summed E-state index contributed by atoms with van der Waals surface area (Å²) in [5.41, 5.74) is 11.8. The number of amides is 4. The first-order valence-corrected chi connectivity index (χ1v) is 54.5. The van der Waals surface area contributed by atoms with Gasteiger partial charge in [-0.2, -0.15) is 12.6 Å². The number of nitrogens with one attached hydrogen (secondary N) is 4. The molecule has 16 atom stereocenters. The fourth-order valence-electron chi connectivity index (χ4n) is 11.9. The van der Waals surface area contributed by atoms with Crippen molar-refractivity contribution in [1.82, 2.24) is 34.8 Å². The Hall–Kier alpha value is -6.42. The number of nitrogens with two attached hydrogens (primary N) is 3. The monoisotopic (exact) mass is 2090 g/mol. The highest BCUT2D eigenvalue weighted by atomic mass is 32.2. The summed E-state index contributed by atoms with van der Waals surface area (Å²) in [5.74, 6) is -4.87. The van der Waals surface area contributed by atoms with Crippen molar-refractivity contribution < 1.29 is 170 Å². The van der Waals surface area contributed by atoms with Gasteiger partial charge in [-0.15, -0.1) is 16.8 Å². The first kappa shape index (κ1) is 118. The van der Waals surface area contributed by atoms with Crippen molar-refractivity contribution in [3.63, 3.8) is 0 Å². The standard InChI is InChI=1S/C33H54N4O17P2S2.C28H48N4O14P2S.C8H9NO6S.C5H8O3S.CH5N/c1-24(39)23-58(47,48)19-18-57-17-7-3-2-6-14-50-55(43,44)51-16-11-26-28(54-56(45,46)53-27-10-15-49-29(27)22-38)20-31(52-26)37-21-25(32(41)36-33(37)42)8-9-30(40)35-13-5-4-12-34;29-11-3-4-12-30-25(34)8-7-20-18-32(28(36)31-27(20)35)26-17-23(46-48(39,40)45-22-9-14-41-24(22)19-33)21(44-26)10-15-43-47(37,38)42-13-5-1-2-6-16-49;1-2-16(13,14)5-8(12)15-9-6(10)3-4-7(9)11;1-3-9(7,8)4-5(2)6;1-2/h8-9,18-19,21,26-29,31,38H,2-7,10-17,20,22-23,34H2,1H3,(H,35,40)(H,43,44)(H,45,46)(H,36,41,42);7-8,18,21-24,26,33,49H,1-6,9-17,19,29H2,(H,30,34)(H,37,38)(H,39,40)(H,31,35,36);2H,1,3-5H2;3H,1,4H2,2H3;2H2,1H3/b9-8+,19-18?;8-7+;;;/i15T;14T;;;. The fraction of sp³-hybridized carbons (Fsp3) is 0.667. The number of hydrogen-bond acceptors (Lipinski definition) is 41. The van der Waals surface area contributed by atoms with E-state index in [1.54, 1.807) is 0 Å². The van der Waals surface area contributed by atoms with Gasteiger partial charge in [0.1, 0.15) is 72.2 Å². The van der Waals surface area contributed by atoms with Crippen LogP contribution in [0, 0.1) is 0 Å². The van der Waals surface area contributed by atoms with Gasteiger partial charge in [0, 0.05) is 118 Å². The third-order valence-corrected chi connectivity index (χ3v) is 27.7. The Bertz CT molecular complexity index is 5120. The molecule has 0 aliphatic carbocycles. The maximum atomic E-state index is 13.2. The molecule has 16 N–H and O–H groups in total. The molecule has 7 rings (SSSR count). The van der Waals surface area contributed by atoms with E-state index in [2.05, 4.69) is 57.0 Å². The van der Waals surface area contributed by atoms with E-state index in [4.69, 9.17) is 69.3 Å². The molecule has 16 unspecified atom stereocenters. The SMILES string of the molecule is C=CS(=O)(=O)CC(=O)ON1C(=O)CCC1=O.C=CS(=O)(=O)CC(C)=O.CN.[3H]C1CC(OP(=O)(O)OC2CC(n3cc(/C=C/C(=O)NCCCCN)c(=O)[nH]c3=O)OC2CCOP(=O)(O)OCCCCCCS)C(CO)O1.[3H]C1CC(OP(=O)(O)OC2CC(n3cc(/C=C/C(=O)NCCCCN)c(=O)[nH]c3=O)OC2CCOP(=O)(O)OCCCCCCSC=CS(=O)(=O)CC(C)=O)C(CO)O1. The van der Waals surface area contributed by atoms with Gasteiger partial charge in [-0.1, -0.05) is 38.8 Å². The number of aliphatic hydroxyl groups excluding tert-OH is 2. The summed E-state index contributed by atoms with van der Waals surface area (Å²) in [5, 5.41) is 28.5. The van der Waals surface area contributed by atoms with Crippen molar-refractivity contribution in [3.8, 4) is 0 Å². The molecule has 5 aliphatic rings. The van der Waals surface area contributed by atoms with Crippen molar-refractivity contribution >= 4 is 139 Å². The summed E-state index contributed by atoms with van der Waals surface area (Å²) in [4.78, 5) is 180. The molecule has 50 nitrogen and oxygen atoms in total. The molecule has 5 fully saturated rings. The number of phosphoric acid groups is 4. The molecule has 2 aromatic rings. The zero-order valence-corrected chi connectivity index (χ0v) is 81.6. The summed E-state index contributed by atoms with van der Waals surface area (Å²) in [6.45, 7) is 5.73. The van der Waals surface area contributed by atoms with Gasteiger partial charge in [0.05, 0.1) is 65.7 Å². The number of unbranched alkanes of at least 4 members (excludes halogenated alkanes) is 8. The van der Waals surface area contributed by atoms with Gasteiger partial charge in [0.25, 0.3) is 22.9 Å². The van der Waals surface area contributed by atoms with Crippen LogP contribution in [0.1, 0.15) is 169 Å². The molecule has 0 saturated carbocycles. The first-order valence-electron chi connectivity index (χ1n) is 42.9. The summed E-state index contributed by atoms with van der Waals surface area (Å²) < 4.78 is 199. The third kappa shape index (κ3) is 48.9. The summed E-state index contributed by atoms with van der Waals surface area (Å²) >= 11 is 5.42. The van der Waals surface area contributed by atoms with Crippen LogP contribution in [0.3, 0.4) is 0 Å². The zero-order chi connectivity index (χ0) is 102. The number of hydrogen-bond donors (Lipinski definition) is 14. The van der Waals surface area contributed by atoms with Crippen molar-refractivity contribution in [1.29, 1.82) is 0 Å². The average Bonchev–Trinajstić information content (AvgIpc) is 1.63. The molecule has 5 aliphatic heterocycles. The topological polar surface area (TPSA) is 747 Å². The van der Waals surface area contributed by atoms with E-state index >= 15 is 0 Å². The van der Waals surface area contributed by atoms with Crippen LogP contribution in [-0.2, 0) is 141 Å². The Morgan fingerprint density at radius 3 is 1.34 bits per heavy atom. The molecule has 134 heavy (non-hydrogen) atoms. The number of H-pyrrole nitrogens is 2. The quantitative estimate of drug-likeness (QED) is 0.0148. The Labute approximate surface area is 786 Å². The molecule has 764 valence electrons. The number of rotatable bonds is 58. The number of ketones is 2. The van der Waals surface area contributed by atoms with E-state index < -0.39 is 237 Å². The minimum Gasteiger partial charge on any atom is -0.394 e. The van der Waals surface area contributed by atoms with E-state index in [9.17, 15) is 126 Å². The van der Waals surface area contributed by atoms with Gasteiger partial charge in [0.15, 0.2) is 35.3 Å². The number of imide groups is 1. The Morgan fingerprint density at radius 2 is 0.948 bits per heavy atom. The number of aliphatic hydroxyl groups is 2. The number of hydroxylamine groups is 2. The highest BCUT2D eigenvalue weighted by Gasteiger charge is 2.47. The first-order chi connectivity index (χ1) is 63.9. The number of nitrogens with zero attached hydrogens (tertiary/aromatic N) is 3. The van der Waals surface area contributed by atoms with Crippen molar-refractivity contribution in [2.24, 2.45) is 17.2 Å². The second-order valence-electron chi connectivity index (χ2n) is 29.2. The van der Waals surface area contributed by atoms with Gasteiger partial charge in [0.2, 0.25) is 11.8 Å². The Balaban J connectivity index is 0.000000552. The molecule has 0 radical (unpaired) electrons. The number of aromatic nitrogens is 4. The zero-order valence-electron chi connectivity index (χ0n) is 75.9. The van der Waals surface area contributed by atoms with Gasteiger partial charge in [-0.25, -0.2) is 57.9 Å². The van der Waals surface area contributed by atoms with Crippen LogP contribution >= 0.6 is 55.7 Å². The largest absolute Gasteiger partial charge is 0.472 e. The van der Waals surface area contributed by atoms with E-state index in [0.29, 0.717) is 80.9 Å². The van der Waals surface area contributed by atoms with Crippen LogP contribution in [0.4, 0.5) is 0 Å². The lowest BCUT2D eigenvalue weighted by atomic mass is 10.1. The molecule has 7 heterocycles. The lowest BCUT2D eigenvalue weighted by Gasteiger charge is -2.24. The number of ether oxygens (including phenoxy) is 4. The molecule has 0 bridgehead atoms. The minimum absolute atomic E-state index is 0.0140. The van der Waals surface area contributed by atoms with Crippen LogP contribution in [0.2, 0.25) is 0 Å². The van der Waals surface area contributed by atoms with E-state index in [1.165, 1.54) is 50.2 Å². The van der Waals surface area contributed by atoms with Gasteiger partial charge in [-0.05, 0) is 114 Å². The van der Waals surface area contributed by atoms with Crippen molar-refractivity contribution in [2.75, 3.05) is 115 Å². The smallest absolute Gasteiger partial charge is 0.394 e. The van der Waals surface area contributed by atoms with E-state index in [0.717, 1.165) is 88.8 Å². The number of Topliss-reactive ketones (excluding diaryl/α,β-unsaturated/α-hetero) is 2. The highest BCUT2D eigenvalue weighted by molar-refractivity contribution is 8.03. The second-order valence-corrected chi connectivity index (χ2v) is 42.1. The van der Waals surface area contributed by atoms with Gasteiger partial charge >= 0.3 is 48.6 Å². The number of phosphoric ester groups is 4. The Morgan fingerprint density at radius 1 is 0.560 bits per heavy atom. The average molecular weight is 2090 g/mol. The molecule has 2 aromatic heterocycles. The lowest BCUT2D eigenvalue weighted by molar-refractivity contribution is -0.195. The van der Waals surface area contributed by atoms with Crippen LogP contribution < -0.4 is 50.3 Å². The molecular formula is C75H124N10O40P4S5. The summed E-state index contributed by atoms with van der Waals surface area (Å²) in [6.07, 6.45) is 2.30. The third-order valence-electron chi connectivity index (χ3n) is 18.3. The molecule has 59 heteroatoms. The van der Waals surface area contributed by atoms with Gasteiger partial charge < -0.3 is 81.4 Å². The van der Waals surface area contributed by atoms with E-state index in [1.807, 2.05) is 0 Å². The highest BCUT2D eigenvalue weighted by Crippen LogP contribution is 2.53. The predicted octanol–water partition coefficient (Wildman–Crippen LogP) is 1.86. The molecular weight excluding hydrogens is 1970 g/mol. The minimum atomic E-state index is -4.97. The van der Waals surface area contributed by atoms with Crippen LogP contribution in [-0.4, -0.2) is 284 Å². The van der Waals surface area contributed by atoms with Crippen molar-refractivity contribution in [3.05, 3.63) is 112 Å². The molecule has 5 saturated heterocycles. The number of carbonyl (C=O) groups is 7. The maximum absolute atomic E-state index is 13.2. The van der Waals surface area contributed by atoms with Crippen LogP contribution in [0.5, 0.6) is 0 Å². The Kier molecular flexibility index (Phi) is 55.2. The number of thiol groups is 1. The lowest BCUT2D eigenvalue weighted by Crippen LogP contribution is -2.34. The fourth-order valence-corrected chi connectivity index (χ4v) is 19.4. The van der Waals surface area contributed by atoms with Gasteiger partial charge in [-0.3, -0.25) is 93.6 Å². The number of sulfone groups is 3.